The van der Waals surface area contributed by atoms with E-state index in [1.165, 1.54) is 30.4 Å². The number of piperidine rings is 1. The summed E-state index contributed by atoms with van der Waals surface area (Å²) in [5.74, 6) is 2.79. The summed E-state index contributed by atoms with van der Waals surface area (Å²) in [6.45, 7) is 7.54. The van der Waals surface area contributed by atoms with Gasteiger partial charge in [0.05, 0.1) is 12.7 Å². The Morgan fingerprint density at radius 2 is 1.94 bits per heavy atom. The van der Waals surface area contributed by atoms with E-state index in [0.717, 1.165) is 57.0 Å². The van der Waals surface area contributed by atoms with Crippen molar-refractivity contribution in [2.75, 3.05) is 44.7 Å². The Kier molecular flexibility index (Phi) is 7.41. The predicted molar refractivity (Wildman–Crippen MR) is 127 cm³/mol. The molecule has 6 heteroatoms. The minimum absolute atomic E-state index is 0.251. The molecule has 1 unspecified atom stereocenters. The normalized spacial score (nSPS) is 20.7. The van der Waals surface area contributed by atoms with Crippen LogP contribution in [0.4, 0.5) is 5.82 Å². The molecule has 0 amide bonds. The average molecular weight is 422 g/mol. The van der Waals surface area contributed by atoms with Crippen molar-refractivity contribution in [1.82, 2.24) is 15.2 Å². The van der Waals surface area contributed by atoms with Crippen molar-refractivity contribution < 1.29 is 4.74 Å². The first-order valence-electron chi connectivity index (χ1n) is 11.5. The average Bonchev–Trinajstić information content (AvgIpc) is 2.81. The second kappa shape index (κ2) is 10.6. The van der Waals surface area contributed by atoms with Crippen molar-refractivity contribution in [1.29, 1.82) is 0 Å². The molecule has 2 aromatic rings. The lowest BCUT2D eigenvalue weighted by molar-refractivity contribution is 0.0529. The van der Waals surface area contributed by atoms with Gasteiger partial charge < -0.3 is 19.9 Å². The second-order valence-electron chi connectivity index (χ2n) is 8.67. The number of aliphatic imine (C=N–C) groups is 1. The van der Waals surface area contributed by atoms with E-state index in [-0.39, 0.29) is 6.10 Å². The molecular weight excluding hydrogens is 386 g/mol. The smallest absolute Gasteiger partial charge is 0.193 e. The minimum Gasteiger partial charge on any atom is -0.375 e. The number of morpholine rings is 1. The number of rotatable bonds is 5. The quantitative estimate of drug-likeness (QED) is 0.593. The standard InChI is InChI=1S/C25H35N5O/c1-20-19-30(14-15-31-20)24-17-23(8-11-27-24)18-28-25(26-2)29-12-9-22(10-13-29)16-21-6-4-3-5-7-21/h3-8,11,17,20,22H,9-10,12-16,18-19H2,1-2H3,(H,26,28). The lowest BCUT2D eigenvalue weighted by Gasteiger charge is -2.34. The fraction of sp³-hybridized carbons (Fsp3) is 0.520. The molecule has 0 aliphatic carbocycles. The first-order valence-corrected chi connectivity index (χ1v) is 11.5. The molecule has 4 rings (SSSR count). The Balaban J connectivity index is 1.28. The van der Waals surface area contributed by atoms with Gasteiger partial charge >= 0.3 is 0 Å². The Hall–Kier alpha value is -2.60. The maximum atomic E-state index is 5.66. The number of benzene rings is 1. The molecule has 2 aliphatic rings. The summed E-state index contributed by atoms with van der Waals surface area (Å²) < 4.78 is 5.66. The number of nitrogens with one attached hydrogen (secondary N) is 1. The number of hydrogen-bond donors (Lipinski definition) is 1. The van der Waals surface area contributed by atoms with Crippen LogP contribution < -0.4 is 10.2 Å². The SMILES string of the molecule is CN=C(NCc1ccnc(N2CCOC(C)C2)c1)N1CCC(Cc2ccccc2)CC1. The van der Waals surface area contributed by atoms with Gasteiger partial charge in [-0.25, -0.2) is 4.98 Å². The van der Waals surface area contributed by atoms with Crippen LogP contribution in [0.5, 0.6) is 0 Å². The van der Waals surface area contributed by atoms with E-state index >= 15 is 0 Å². The van der Waals surface area contributed by atoms with E-state index in [1.54, 1.807) is 0 Å². The summed E-state index contributed by atoms with van der Waals surface area (Å²) in [6.07, 6.45) is 5.76. The first-order chi connectivity index (χ1) is 15.2. The van der Waals surface area contributed by atoms with E-state index in [2.05, 4.69) is 74.5 Å². The zero-order chi connectivity index (χ0) is 21.5. The van der Waals surface area contributed by atoms with Gasteiger partial charge in [-0.05, 0) is 55.4 Å². The van der Waals surface area contributed by atoms with Crippen LogP contribution in [0.3, 0.4) is 0 Å². The summed E-state index contributed by atoms with van der Waals surface area (Å²) in [5, 5.41) is 3.56. The molecule has 1 aromatic heterocycles. The van der Waals surface area contributed by atoms with Crippen LogP contribution in [0.1, 0.15) is 30.9 Å². The van der Waals surface area contributed by atoms with Crippen LogP contribution in [0.15, 0.2) is 53.7 Å². The molecule has 166 valence electrons. The topological polar surface area (TPSA) is 53.0 Å². The molecule has 6 nitrogen and oxygen atoms in total. The Morgan fingerprint density at radius 3 is 2.68 bits per heavy atom. The first kappa shape index (κ1) is 21.6. The largest absolute Gasteiger partial charge is 0.375 e. The minimum atomic E-state index is 0.251. The van der Waals surface area contributed by atoms with Crippen molar-refractivity contribution in [2.45, 2.75) is 38.8 Å². The van der Waals surface area contributed by atoms with Gasteiger partial charge in [-0.3, -0.25) is 4.99 Å². The molecule has 2 aliphatic heterocycles. The molecule has 0 bridgehead atoms. The van der Waals surface area contributed by atoms with Crippen molar-refractivity contribution >= 4 is 11.8 Å². The van der Waals surface area contributed by atoms with Crippen molar-refractivity contribution in [3.63, 3.8) is 0 Å². The summed E-state index contributed by atoms with van der Waals surface area (Å²) in [4.78, 5) is 13.8. The monoisotopic (exact) mass is 421 g/mol. The van der Waals surface area contributed by atoms with E-state index in [0.29, 0.717) is 0 Å². The molecular formula is C25H35N5O. The number of ether oxygens (including phenoxy) is 1. The fourth-order valence-corrected chi connectivity index (χ4v) is 4.58. The van der Waals surface area contributed by atoms with E-state index in [9.17, 15) is 0 Å². The molecule has 0 spiro atoms. The van der Waals surface area contributed by atoms with Crippen LogP contribution in [0.25, 0.3) is 0 Å². The third kappa shape index (κ3) is 5.97. The lowest BCUT2D eigenvalue weighted by Crippen LogP contribution is -2.45. The maximum absolute atomic E-state index is 5.66. The summed E-state index contributed by atoms with van der Waals surface area (Å²) in [7, 11) is 1.88. The van der Waals surface area contributed by atoms with Gasteiger partial charge in [0.25, 0.3) is 0 Å². The highest BCUT2D eigenvalue weighted by atomic mass is 16.5. The Bertz CT molecular complexity index is 848. The molecule has 1 atom stereocenters. The molecule has 2 fully saturated rings. The number of aromatic nitrogens is 1. The predicted octanol–water partition coefficient (Wildman–Crippen LogP) is 3.34. The lowest BCUT2D eigenvalue weighted by atomic mass is 9.90. The highest BCUT2D eigenvalue weighted by Gasteiger charge is 2.22. The van der Waals surface area contributed by atoms with E-state index in [4.69, 9.17) is 4.74 Å². The fourth-order valence-electron chi connectivity index (χ4n) is 4.58. The Morgan fingerprint density at radius 1 is 1.13 bits per heavy atom. The third-order valence-corrected chi connectivity index (χ3v) is 6.32. The number of anilines is 1. The number of guanidine groups is 1. The van der Waals surface area contributed by atoms with Crippen molar-refractivity contribution in [3.05, 3.63) is 59.8 Å². The highest BCUT2D eigenvalue weighted by molar-refractivity contribution is 5.80. The van der Waals surface area contributed by atoms with Gasteiger partial charge in [0.2, 0.25) is 0 Å². The molecule has 2 saturated heterocycles. The zero-order valence-corrected chi connectivity index (χ0v) is 18.8. The van der Waals surface area contributed by atoms with Crippen molar-refractivity contribution in [2.24, 2.45) is 10.9 Å². The second-order valence-corrected chi connectivity index (χ2v) is 8.67. The molecule has 31 heavy (non-hydrogen) atoms. The number of likely N-dealkylation sites (tertiary alicyclic amines) is 1. The third-order valence-electron chi connectivity index (χ3n) is 6.32. The van der Waals surface area contributed by atoms with Crippen LogP contribution in [0.2, 0.25) is 0 Å². The Labute approximate surface area is 186 Å². The van der Waals surface area contributed by atoms with Gasteiger partial charge in [-0.1, -0.05) is 30.3 Å². The van der Waals surface area contributed by atoms with Gasteiger partial charge in [0.15, 0.2) is 5.96 Å². The highest BCUT2D eigenvalue weighted by Crippen LogP contribution is 2.22. The maximum Gasteiger partial charge on any atom is 0.193 e. The number of nitrogens with zero attached hydrogens (tertiary/aromatic N) is 4. The van der Waals surface area contributed by atoms with Gasteiger partial charge in [-0.2, -0.15) is 0 Å². The van der Waals surface area contributed by atoms with Crippen molar-refractivity contribution in [3.8, 4) is 0 Å². The van der Waals surface area contributed by atoms with Gasteiger partial charge in [-0.15, -0.1) is 0 Å². The molecule has 1 N–H and O–H groups in total. The summed E-state index contributed by atoms with van der Waals surface area (Å²) >= 11 is 0. The van der Waals surface area contributed by atoms with Crippen LogP contribution >= 0.6 is 0 Å². The molecule has 0 saturated carbocycles. The molecule has 1 aromatic carbocycles. The molecule has 3 heterocycles. The summed E-state index contributed by atoms with van der Waals surface area (Å²) in [6, 6.07) is 15.1. The van der Waals surface area contributed by atoms with Gasteiger partial charge in [0.1, 0.15) is 5.82 Å². The molecule has 0 radical (unpaired) electrons. The van der Waals surface area contributed by atoms with Crippen LogP contribution in [-0.4, -0.2) is 61.8 Å². The zero-order valence-electron chi connectivity index (χ0n) is 18.8. The summed E-state index contributed by atoms with van der Waals surface area (Å²) in [5.41, 5.74) is 2.68. The number of pyridine rings is 1. The van der Waals surface area contributed by atoms with E-state index < -0.39 is 0 Å². The van der Waals surface area contributed by atoms with Gasteiger partial charge in [0, 0.05) is 46.0 Å². The van der Waals surface area contributed by atoms with Crippen LogP contribution in [-0.2, 0) is 17.7 Å². The van der Waals surface area contributed by atoms with E-state index in [1.807, 2.05) is 13.2 Å². The van der Waals surface area contributed by atoms with Crippen LogP contribution in [0, 0.1) is 5.92 Å². The number of hydrogen-bond acceptors (Lipinski definition) is 4.